The lowest BCUT2D eigenvalue weighted by molar-refractivity contribution is 0.392. The van der Waals surface area contributed by atoms with E-state index in [4.69, 9.17) is 0 Å². The van der Waals surface area contributed by atoms with Gasteiger partial charge >= 0.3 is 0 Å². The van der Waals surface area contributed by atoms with Crippen LogP contribution >= 0.6 is 0 Å². The van der Waals surface area contributed by atoms with Gasteiger partial charge in [-0.2, -0.15) is 0 Å². The van der Waals surface area contributed by atoms with Crippen molar-refractivity contribution in [3.8, 4) is 0 Å². The van der Waals surface area contributed by atoms with Gasteiger partial charge in [-0.3, -0.25) is 0 Å². The number of piperidine rings is 1. The Kier molecular flexibility index (Phi) is 5.66. The summed E-state index contributed by atoms with van der Waals surface area (Å²) in [6.07, 6.45) is 3.82. The van der Waals surface area contributed by atoms with Crippen molar-refractivity contribution in [1.82, 2.24) is 10.0 Å². The van der Waals surface area contributed by atoms with Crippen LogP contribution in [0.5, 0.6) is 0 Å². The average molecular weight is 318 g/mol. The highest BCUT2D eigenvalue weighted by atomic mass is 32.2. The molecule has 1 aliphatic heterocycles. The molecule has 21 heavy (non-hydrogen) atoms. The first-order valence-corrected chi connectivity index (χ1v) is 8.76. The van der Waals surface area contributed by atoms with Crippen molar-refractivity contribution in [1.29, 1.82) is 0 Å². The van der Waals surface area contributed by atoms with E-state index in [9.17, 15) is 17.2 Å². The molecule has 0 amide bonds. The van der Waals surface area contributed by atoms with E-state index >= 15 is 0 Å². The zero-order valence-electron chi connectivity index (χ0n) is 11.7. The molecule has 0 aromatic heterocycles. The Morgan fingerprint density at radius 1 is 1.24 bits per heavy atom. The first-order valence-electron chi connectivity index (χ1n) is 7.11. The Labute approximate surface area is 124 Å². The molecule has 2 rings (SSSR count). The van der Waals surface area contributed by atoms with Crippen LogP contribution in [0.15, 0.2) is 18.2 Å². The number of halogens is 2. The van der Waals surface area contributed by atoms with Gasteiger partial charge in [-0.15, -0.1) is 0 Å². The first-order chi connectivity index (χ1) is 9.96. The lowest BCUT2D eigenvalue weighted by atomic mass is 10.0. The summed E-state index contributed by atoms with van der Waals surface area (Å²) in [6.45, 7) is 0.907. The second kappa shape index (κ2) is 7.29. The van der Waals surface area contributed by atoms with E-state index in [2.05, 4.69) is 10.0 Å². The van der Waals surface area contributed by atoms with Gasteiger partial charge in [0, 0.05) is 12.6 Å². The van der Waals surface area contributed by atoms with Crippen LogP contribution in [0.2, 0.25) is 0 Å². The van der Waals surface area contributed by atoms with Crippen molar-refractivity contribution >= 4 is 10.0 Å². The minimum Gasteiger partial charge on any atom is -0.314 e. The van der Waals surface area contributed by atoms with Gasteiger partial charge in [0.05, 0.1) is 5.75 Å². The molecule has 1 atom stereocenters. The predicted molar refractivity (Wildman–Crippen MR) is 77.2 cm³/mol. The lowest BCUT2D eigenvalue weighted by Gasteiger charge is -2.23. The van der Waals surface area contributed by atoms with Gasteiger partial charge in [-0.05, 0) is 43.5 Å². The van der Waals surface area contributed by atoms with Gasteiger partial charge in [-0.1, -0.05) is 12.5 Å². The zero-order chi connectivity index (χ0) is 15.3. The van der Waals surface area contributed by atoms with Crippen molar-refractivity contribution < 1.29 is 17.2 Å². The molecule has 118 valence electrons. The van der Waals surface area contributed by atoms with Gasteiger partial charge in [0.15, 0.2) is 11.6 Å². The maximum atomic E-state index is 13.0. The second-order valence-corrected chi connectivity index (χ2v) is 7.25. The number of benzene rings is 1. The highest BCUT2D eigenvalue weighted by Crippen LogP contribution is 2.12. The smallest absolute Gasteiger partial charge is 0.211 e. The Bertz CT molecular complexity index is 572. The molecule has 7 heteroatoms. The predicted octanol–water partition coefficient (Wildman–Crippen LogP) is 1.92. The molecule has 0 radical (unpaired) electrons. The van der Waals surface area contributed by atoms with Gasteiger partial charge in [0.25, 0.3) is 0 Å². The fraction of sp³-hybridized carbons (Fsp3) is 0.571. The standard InChI is InChI=1S/C14H20F2N2O2S/c15-13-5-4-11(9-14(13)16)10-18-21(19,20)8-6-12-3-1-2-7-17-12/h4-5,9,12,17-18H,1-3,6-8,10H2. The van der Waals surface area contributed by atoms with E-state index < -0.39 is 21.7 Å². The number of nitrogens with one attached hydrogen (secondary N) is 2. The average Bonchev–Trinajstić information content (AvgIpc) is 2.48. The van der Waals surface area contributed by atoms with Crippen molar-refractivity contribution in [2.24, 2.45) is 0 Å². The summed E-state index contributed by atoms with van der Waals surface area (Å²) in [5.74, 6) is -1.88. The largest absolute Gasteiger partial charge is 0.314 e. The third-order valence-electron chi connectivity index (χ3n) is 3.63. The maximum Gasteiger partial charge on any atom is 0.211 e. The molecule has 1 saturated heterocycles. The molecule has 1 unspecified atom stereocenters. The molecular formula is C14H20F2N2O2S. The lowest BCUT2D eigenvalue weighted by Crippen LogP contribution is -2.37. The fourth-order valence-electron chi connectivity index (χ4n) is 2.38. The molecule has 0 aliphatic carbocycles. The topological polar surface area (TPSA) is 58.2 Å². The van der Waals surface area contributed by atoms with Crippen LogP contribution in [0.4, 0.5) is 8.78 Å². The van der Waals surface area contributed by atoms with Crippen LogP contribution in [0.25, 0.3) is 0 Å². The third kappa shape index (κ3) is 5.33. The van der Waals surface area contributed by atoms with Crippen molar-refractivity contribution in [2.45, 2.75) is 38.3 Å². The summed E-state index contributed by atoms with van der Waals surface area (Å²) in [7, 11) is -3.41. The quantitative estimate of drug-likeness (QED) is 0.842. The molecule has 1 heterocycles. The van der Waals surface area contributed by atoms with Crippen LogP contribution in [-0.4, -0.2) is 26.8 Å². The Morgan fingerprint density at radius 2 is 2.05 bits per heavy atom. The number of hydrogen-bond donors (Lipinski definition) is 2. The number of sulfonamides is 1. The highest BCUT2D eigenvalue weighted by Gasteiger charge is 2.17. The Morgan fingerprint density at radius 3 is 2.71 bits per heavy atom. The molecule has 0 bridgehead atoms. The summed E-state index contributed by atoms with van der Waals surface area (Å²) in [4.78, 5) is 0. The molecular weight excluding hydrogens is 298 g/mol. The summed E-state index contributed by atoms with van der Waals surface area (Å²) in [5.41, 5.74) is 0.397. The summed E-state index contributed by atoms with van der Waals surface area (Å²) in [5, 5.41) is 3.30. The minimum absolute atomic E-state index is 0.0301. The molecule has 1 aromatic carbocycles. The summed E-state index contributed by atoms with van der Waals surface area (Å²) >= 11 is 0. The van der Waals surface area contributed by atoms with Gasteiger partial charge in [-0.25, -0.2) is 21.9 Å². The van der Waals surface area contributed by atoms with Crippen LogP contribution in [0.3, 0.4) is 0 Å². The number of hydrogen-bond acceptors (Lipinski definition) is 3. The van der Waals surface area contributed by atoms with E-state index in [1.54, 1.807) is 0 Å². The molecule has 0 saturated carbocycles. The van der Waals surface area contributed by atoms with Crippen LogP contribution < -0.4 is 10.0 Å². The van der Waals surface area contributed by atoms with Gasteiger partial charge in [0.1, 0.15) is 0 Å². The van der Waals surface area contributed by atoms with Crippen LogP contribution in [0, 0.1) is 11.6 Å². The molecule has 1 aromatic rings. The zero-order valence-corrected chi connectivity index (χ0v) is 12.6. The third-order valence-corrected chi connectivity index (χ3v) is 4.98. The number of rotatable bonds is 6. The second-order valence-electron chi connectivity index (χ2n) is 5.32. The first kappa shape index (κ1) is 16.3. The highest BCUT2D eigenvalue weighted by molar-refractivity contribution is 7.89. The Balaban J connectivity index is 1.81. The van der Waals surface area contributed by atoms with E-state index in [-0.39, 0.29) is 18.3 Å². The SMILES string of the molecule is O=S(=O)(CCC1CCCCN1)NCc1ccc(F)c(F)c1. The normalized spacial score (nSPS) is 19.6. The van der Waals surface area contributed by atoms with Crippen LogP contribution in [-0.2, 0) is 16.6 Å². The fourth-order valence-corrected chi connectivity index (χ4v) is 3.51. The maximum absolute atomic E-state index is 13.0. The molecule has 0 spiro atoms. The van der Waals surface area contributed by atoms with E-state index in [1.807, 2.05) is 0 Å². The minimum atomic E-state index is -3.41. The van der Waals surface area contributed by atoms with Crippen molar-refractivity contribution in [3.63, 3.8) is 0 Å². The Hall–Kier alpha value is -1.05. The molecule has 1 aliphatic rings. The van der Waals surface area contributed by atoms with E-state index in [0.29, 0.717) is 12.0 Å². The molecule has 4 nitrogen and oxygen atoms in total. The van der Waals surface area contributed by atoms with Crippen molar-refractivity contribution in [2.75, 3.05) is 12.3 Å². The summed E-state index contributed by atoms with van der Waals surface area (Å²) < 4.78 is 52.0. The molecule has 1 fully saturated rings. The monoisotopic (exact) mass is 318 g/mol. The van der Waals surface area contributed by atoms with E-state index in [0.717, 1.165) is 37.9 Å². The molecule has 2 N–H and O–H groups in total. The van der Waals surface area contributed by atoms with Crippen LogP contribution in [0.1, 0.15) is 31.2 Å². The van der Waals surface area contributed by atoms with Gasteiger partial charge < -0.3 is 5.32 Å². The van der Waals surface area contributed by atoms with E-state index in [1.165, 1.54) is 6.07 Å². The summed E-state index contributed by atoms with van der Waals surface area (Å²) in [6, 6.07) is 3.60. The van der Waals surface area contributed by atoms with Gasteiger partial charge in [0.2, 0.25) is 10.0 Å². The van der Waals surface area contributed by atoms with Crippen molar-refractivity contribution in [3.05, 3.63) is 35.4 Å².